The summed E-state index contributed by atoms with van der Waals surface area (Å²) in [4.78, 5) is 12.1. The molecule has 0 saturated carbocycles. The van der Waals surface area contributed by atoms with E-state index in [1.54, 1.807) is 36.4 Å². The maximum absolute atomic E-state index is 13.5. The first-order valence-corrected chi connectivity index (χ1v) is 7.05. The molecule has 0 saturated heterocycles. The van der Waals surface area contributed by atoms with Gasteiger partial charge in [0.1, 0.15) is 5.82 Å². The van der Waals surface area contributed by atoms with Crippen LogP contribution in [0.15, 0.2) is 47.4 Å². The first-order valence-electron chi connectivity index (χ1n) is 6.06. The van der Waals surface area contributed by atoms with Gasteiger partial charge in [0, 0.05) is 16.3 Å². The number of halogens is 1. The number of nitriles is 1. The van der Waals surface area contributed by atoms with Gasteiger partial charge in [0.2, 0.25) is 5.91 Å². The molecule has 1 amide bonds. The molecule has 21 heavy (non-hydrogen) atoms. The number of carbonyl (C=O) groups excluding carboxylic acids is 1. The first-order chi connectivity index (χ1) is 10.1. The van der Waals surface area contributed by atoms with Crippen LogP contribution in [0.1, 0.15) is 5.56 Å². The largest absolute Gasteiger partial charge is 0.399 e. The molecule has 0 unspecified atom stereocenters. The Morgan fingerprint density at radius 2 is 2.00 bits per heavy atom. The second kappa shape index (κ2) is 6.77. The first kappa shape index (κ1) is 14.9. The molecule has 4 nitrogen and oxygen atoms in total. The molecule has 0 aliphatic carbocycles. The van der Waals surface area contributed by atoms with Crippen LogP contribution in [0.2, 0.25) is 0 Å². The fraction of sp³-hybridized carbons (Fsp3) is 0.0667. The van der Waals surface area contributed by atoms with Gasteiger partial charge in [0.25, 0.3) is 0 Å². The van der Waals surface area contributed by atoms with Gasteiger partial charge in [0.05, 0.1) is 17.4 Å². The standard InChI is InChI=1S/C15H12FN3OS/c16-13-7-11(18)3-6-14(13)21-9-15(20)19-12-4-1-10(8-17)2-5-12/h1-7H,9,18H2,(H,19,20). The summed E-state index contributed by atoms with van der Waals surface area (Å²) in [7, 11) is 0. The van der Waals surface area contributed by atoms with Gasteiger partial charge < -0.3 is 11.1 Å². The van der Waals surface area contributed by atoms with E-state index in [4.69, 9.17) is 11.0 Å². The van der Waals surface area contributed by atoms with E-state index in [2.05, 4.69) is 5.32 Å². The van der Waals surface area contributed by atoms with Gasteiger partial charge in [-0.05, 0) is 42.5 Å². The molecule has 0 spiro atoms. The summed E-state index contributed by atoms with van der Waals surface area (Å²) in [5, 5.41) is 11.4. The quantitative estimate of drug-likeness (QED) is 0.672. The molecule has 106 valence electrons. The van der Waals surface area contributed by atoms with E-state index in [1.807, 2.05) is 6.07 Å². The number of benzene rings is 2. The monoisotopic (exact) mass is 301 g/mol. The zero-order valence-electron chi connectivity index (χ0n) is 11.0. The zero-order chi connectivity index (χ0) is 15.2. The fourth-order valence-electron chi connectivity index (χ4n) is 1.60. The van der Waals surface area contributed by atoms with E-state index in [1.165, 1.54) is 6.07 Å². The fourth-order valence-corrected chi connectivity index (χ4v) is 2.32. The van der Waals surface area contributed by atoms with Gasteiger partial charge in [-0.1, -0.05) is 0 Å². The minimum absolute atomic E-state index is 0.0842. The molecule has 2 aromatic rings. The van der Waals surface area contributed by atoms with Crippen molar-refractivity contribution in [3.8, 4) is 6.07 Å². The van der Waals surface area contributed by atoms with Gasteiger partial charge in [-0.25, -0.2) is 4.39 Å². The second-order valence-corrected chi connectivity index (χ2v) is 5.23. The predicted molar refractivity (Wildman–Crippen MR) is 81.3 cm³/mol. The van der Waals surface area contributed by atoms with Crippen LogP contribution in [-0.4, -0.2) is 11.7 Å². The molecule has 0 aliphatic heterocycles. The third-order valence-corrected chi connectivity index (χ3v) is 3.66. The average Bonchev–Trinajstić information content (AvgIpc) is 2.47. The molecule has 2 rings (SSSR count). The topological polar surface area (TPSA) is 78.9 Å². The molecule has 0 bridgehead atoms. The van der Waals surface area contributed by atoms with Gasteiger partial charge in [-0.15, -0.1) is 11.8 Å². The Morgan fingerprint density at radius 3 is 2.62 bits per heavy atom. The SMILES string of the molecule is N#Cc1ccc(NC(=O)CSc2ccc(N)cc2F)cc1. The van der Waals surface area contributed by atoms with Gasteiger partial charge in [-0.3, -0.25) is 4.79 Å². The number of hydrogen-bond acceptors (Lipinski definition) is 4. The van der Waals surface area contributed by atoms with E-state index >= 15 is 0 Å². The Hall–Kier alpha value is -2.52. The van der Waals surface area contributed by atoms with Crippen LogP contribution in [0.5, 0.6) is 0 Å². The van der Waals surface area contributed by atoms with E-state index in [9.17, 15) is 9.18 Å². The summed E-state index contributed by atoms with van der Waals surface area (Å²) in [6, 6.07) is 12.9. The number of nitrogens with zero attached hydrogens (tertiary/aromatic N) is 1. The molecule has 6 heteroatoms. The molecule has 0 atom stereocenters. The van der Waals surface area contributed by atoms with Crippen LogP contribution >= 0.6 is 11.8 Å². The van der Waals surface area contributed by atoms with Crippen molar-refractivity contribution in [2.45, 2.75) is 4.90 Å². The molecular formula is C15H12FN3OS. The minimum Gasteiger partial charge on any atom is -0.399 e. The average molecular weight is 301 g/mol. The third-order valence-electron chi connectivity index (χ3n) is 2.61. The van der Waals surface area contributed by atoms with Crippen molar-refractivity contribution in [2.24, 2.45) is 0 Å². The lowest BCUT2D eigenvalue weighted by molar-refractivity contribution is -0.113. The Balaban J connectivity index is 1.91. The highest BCUT2D eigenvalue weighted by atomic mass is 32.2. The number of nitrogens with one attached hydrogen (secondary N) is 1. The summed E-state index contributed by atoms with van der Waals surface area (Å²) in [6.07, 6.45) is 0. The molecule has 0 heterocycles. The van der Waals surface area contributed by atoms with Gasteiger partial charge in [-0.2, -0.15) is 5.26 Å². The van der Waals surface area contributed by atoms with Crippen molar-refractivity contribution >= 4 is 29.0 Å². The number of rotatable bonds is 4. The van der Waals surface area contributed by atoms with E-state index in [0.29, 0.717) is 21.8 Å². The van der Waals surface area contributed by atoms with Gasteiger partial charge >= 0.3 is 0 Å². The number of amides is 1. The number of hydrogen-bond donors (Lipinski definition) is 2. The van der Waals surface area contributed by atoms with Crippen LogP contribution in [-0.2, 0) is 4.79 Å². The Bertz CT molecular complexity index is 695. The Kier molecular flexibility index (Phi) is 4.80. The van der Waals surface area contributed by atoms with Crippen molar-refractivity contribution in [1.29, 1.82) is 5.26 Å². The van der Waals surface area contributed by atoms with Crippen LogP contribution in [0, 0.1) is 17.1 Å². The molecule has 3 N–H and O–H groups in total. The Labute approximate surface area is 125 Å². The van der Waals surface area contributed by atoms with E-state index < -0.39 is 5.82 Å². The van der Waals surface area contributed by atoms with Crippen LogP contribution < -0.4 is 11.1 Å². The lowest BCUT2D eigenvalue weighted by Crippen LogP contribution is -2.14. The lowest BCUT2D eigenvalue weighted by Gasteiger charge is -2.06. The highest BCUT2D eigenvalue weighted by molar-refractivity contribution is 8.00. The minimum atomic E-state index is -0.439. The van der Waals surface area contributed by atoms with Crippen molar-refractivity contribution in [3.63, 3.8) is 0 Å². The van der Waals surface area contributed by atoms with Crippen molar-refractivity contribution < 1.29 is 9.18 Å². The maximum atomic E-state index is 13.5. The highest BCUT2D eigenvalue weighted by Crippen LogP contribution is 2.23. The summed E-state index contributed by atoms with van der Waals surface area (Å²) >= 11 is 1.10. The van der Waals surface area contributed by atoms with Crippen molar-refractivity contribution in [2.75, 3.05) is 16.8 Å². The number of anilines is 2. The molecule has 0 fully saturated rings. The summed E-state index contributed by atoms with van der Waals surface area (Å²) < 4.78 is 13.5. The number of nitrogens with two attached hydrogens (primary N) is 1. The summed E-state index contributed by atoms with van der Waals surface area (Å²) in [5.41, 5.74) is 6.92. The maximum Gasteiger partial charge on any atom is 0.234 e. The lowest BCUT2D eigenvalue weighted by atomic mass is 10.2. The highest BCUT2D eigenvalue weighted by Gasteiger charge is 2.07. The smallest absolute Gasteiger partial charge is 0.234 e. The molecular weight excluding hydrogens is 289 g/mol. The van der Waals surface area contributed by atoms with E-state index in [-0.39, 0.29) is 11.7 Å². The molecule has 2 aromatic carbocycles. The van der Waals surface area contributed by atoms with Crippen LogP contribution in [0.3, 0.4) is 0 Å². The van der Waals surface area contributed by atoms with E-state index in [0.717, 1.165) is 11.8 Å². The molecule has 0 radical (unpaired) electrons. The van der Waals surface area contributed by atoms with Crippen molar-refractivity contribution in [3.05, 3.63) is 53.8 Å². The number of carbonyl (C=O) groups is 1. The summed E-state index contributed by atoms with van der Waals surface area (Å²) in [5.74, 6) is -0.604. The normalized spacial score (nSPS) is 9.90. The number of nitrogen functional groups attached to an aromatic ring is 1. The van der Waals surface area contributed by atoms with Crippen LogP contribution in [0.4, 0.5) is 15.8 Å². The zero-order valence-corrected chi connectivity index (χ0v) is 11.8. The Morgan fingerprint density at radius 1 is 1.29 bits per heavy atom. The third kappa shape index (κ3) is 4.23. The van der Waals surface area contributed by atoms with Crippen LogP contribution in [0.25, 0.3) is 0 Å². The predicted octanol–water partition coefficient (Wildman–Crippen LogP) is 3.01. The summed E-state index contributed by atoms with van der Waals surface area (Å²) in [6.45, 7) is 0. The van der Waals surface area contributed by atoms with Crippen molar-refractivity contribution in [1.82, 2.24) is 0 Å². The molecule has 0 aromatic heterocycles. The molecule has 0 aliphatic rings. The van der Waals surface area contributed by atoms with Gasteiger partial charge in [0.15, 0.2) is 0 Å². The second-order valence-electron chi connectivity index (χ2n) is 4.22. The number of thioether (sulfide) groups is 1.